The van der Waals surface area contributed by atoms with Gasteiger partial charge >= 0.3 is 5.69 Å². The molecule has 0 spiro atoms. The summed E-state index contributed by atoms with van der Waals surface area (Å²) in [5, 5.41) is 0. The molecule has 0 radical (unpaired) electrons. The minimum absolute atomic E-state index is 0.160. The molecule has 0 N–H and O–H groups in total. The van der Waals surface area contributed by atoms with E-state index in [-0.39, 0.29) is 18.0 Å². The van der Waals surface area contributed by atoms with E-state index in [2.05, 4.69) is 24.5 Å². The fourth-order valence-electron chi connectivity index (χ4n) is 4.01. The first-order chi connectivity index (χ1) is 13.9. The van der Waals surface area contributed by atoms with Gasteiger partial charge in [0, 0.05) is 26.7 Å². The molecule has 0 bridgehead atoms. The molecule has 152 valence electrons. The highest BCUT2D eigenvalue weighted by Crippen LogP contribution is 2.38. The fraction of sp³-hybridized carbons (Fsp3) is 0.381. The van der Waals surface area contributed by atoms with Crippen LogP contribution >= 0.6 is 0 Å². The van der Waals surface area contributed by atoms with Crippen LogP contribution < -0.4 is 20.9 Å². The van der Waals surface area contributed by atoms with Crippen molar-refractivity contribution in [2.75, 3.05) is 18.6 Å². The van der Waals surface area contributed by atoms with Crippen molar-refractivity contribution in [1.82, 2.24) is 18.7 Å². The maximum atomic E-state index is 13.1. The van der Waals surface area contributed by atoms with Gasteiger partial charge in [0.15, 0.2) is 11.2 Å². The van der Waals surface area contributed by atoms with Crippen molar-refractivity contribution in [3.05, 3.63) is 57.3 Å². The summed E-state index contributed by atoms with van der Waals surface area (Å²) in [4.78, 5) is 32.6. The number of imidazole rings is 1. The molecule has 1 aliphatic rings. The zero-order valence-electron chi connectivity index (χ0n) is 17.2. The summed E-state index contributed by atoms with van der Waals surface area (Å²) < 4.78 is 10.1. The first-order valence-corrected chi connectivity index (χ1v) is 9.60. The highest BCUT2D eigenvalue weighted by Gasteiger charge is 2.31. The molecule has 0 fully saturated rings. The number of anilines is 2. The van der Waals surface area contributed by atoms with Crippen LogP contribution in [0.3, 0.4) is 0 Å². The summed E-state index contributed by atoms with van der Waals surface area (Å²) >= 11 is 0. The fourth-order valence-corrected chi connectivity index (χ4v) is 4.01. The molecule has 8 heteroatoms. The van der Waals surface area contributed by atoms with Crippen LogP contribution in [-0.2, 0) is 20.1 Å². The Morgan fingerprint density at radius 2 is 2.07 bits per heavy atom. The van der Waals surface area contributed by atoms with Crippen LogP contribution in [0.5, 0.6) is 5.75 Å². The van der Waals surface area contributed by atoms with Crippen molar-refractivity contribution >= 4 is 22.8 Å². The van der Waals surface area contributed by atoms with Gasteiger partial charge in [-0.3, -0.25) is 13.9 Å². The molecule has 1 aromatic carbocycles. The quantitative estimate of drug-likeness (QED) is 0.633. The smallest absolute Gasteiger partial charge is 0.332 e. The number of aryl methyl sites for hydroxylation is 2. The lowest BCUT2D eigenvalue weighted by molar-refractivity contribution is 0.409. The Labute approximate surface area is 168 Å². The molecule has 1 aliphatic heterocycles. The Morgan fingerprint density at radius 3 is 2.76 bits per heavy atom. The Bertz CT molecular complexity index is 1230. The van der Waals surface area contributed by atoms with E-state index >= 15 is 0 Å². The number of fused-ring (bicyclic) bond motifs is 3. The summed E-state index contributed by atoms with van der Waals surface area (Å²) in [6.07, 6.45) is 1.55. The van der Waals surface area contributed by atoms with Gasteiger partial charge in [0.25, 0.3) is 5.56 Å². The molecule has 0 amide bonds. The average molecular weight is 395 g/mol. The maximum absolute atomic E-state index is 13.1. The predicted molar refractivity (Wildman–Crippen MR) is 113 cm³/mol. The topological polar surface area (TPSA) is 74.3 Å². The number of aromatic nitrogens is 4. The summed E-state index contributed by atoms with van der Waals surface area (Å²) in [6, 6.07) is 5.98. The Balaban J connectivity index is 2.04. The van der Waals surface area contributed by atoms with Crippen molar-refractivity contribution in [2.45, 2.75) is 26.9 Å². The van der Waals surface area contributed by atoms with Crippen LogP contribution in [0.4, 0.5) is 11.6 Å². The standard InChI is InChI=1S/C21H25N5O3/c1-6-9-24-19(27)17-18(23(4)21(24)28)22-20-25(11-14(3)12-26(17)20)15-10-13(2)7-8-16(15)29-5/h6-8,10,14H,1,9,11-12H2,2-5H3/t14-/m1/s1. The van der Waals surface area contributed by atoms with E-state index < -0.39 is 5.69 Å². The normalized spacial score (nSPS) is 16.1. The summed E-state index contributed by atoms with van der Waals surface area (Å²) in [5.41, 5.74) is 2.08. The van der Waals surface area contributed by atoms with E-state index in [0.29, 0.717) is 23.7 Å². The molecular formula is C21H25N5O3. The van der Waals surface area contributed by atoms with Gasteiger partial charge in [-0.05, 0) is 30.5 Å². The molecule has 8 nitrogen and oxygen atoms in total. The molecule has 0 aliphatic carbocycles. The lowest BCUT2D eigenvalue weighted by atomic mass is 10.1. The van der Waals surface area contributed by atoms with E-state index in [0.717, 1.165) is 23.5 Å². The third-order valence-electron chi connectivity index (χ3n) is 5.38. The van der Waals surface area contributed by atoms with Gasteiger partial charge in [-0.15, -0.1) is 6.58 Å². The number of benzene rings is 1. The van der Waals surface area contributed by atoms with Gasteiger partial charge in [0.2, 0.25) is 5.95 Å². The monoisotopic (exact) mass is 395 g/mol. The SMILES string of the molecule is C=CCn1c(=O)c2c(nc3n2C[C@H](C)CN3c2cc(C)ccc2OC)n(C)c1=O. The zero-order chi connectivity index (χ0) is 20.9. The van der Waals surface area contributed by atoms with Crippen LogP contribution in [0.25, 0.3) is 11.2 Å². The Kier molecular flexibility index (Phi) is 4.56. The van der Waals surface area contributed by atoms with Gasteiger partial charge in [0.05, 0.1) is 12.8 Å². The first-order valence-electron chi connectivity index (χ1n) is 9.60. The largest absolute Gasteiger partial charge is 0.495 e. The summed E-state index contributed by atoms with van der Waals surface area (Å²) in [6.45, 7) is 9.36. The molecule has 3 heterocycles. The number of hydrogen-bond donors (Lipinski definition) is 0. The number of rotatable bonds is 4. The van der Waals surface area contributed by atoms with E-state index in [4.69, 9.17) is 9.72 Å². The number of nitrogens with zero attached hydrogens (tertiary/aromatic N) is 5. The van der Waals surface area contributed by atoms with Gasteiger partial charge in [-0.2, -0.15) is 4.98 Å². The molecule has 0 saturated carbocycles. The van der Waals surface area contributed by atoms with Gasteiger partial charge < -0.3 is 14.2 Å². The highest BCUT2D eigenvalue weighted by atomic mass is 16.5. The first kappa shape index (κ1) is 19.0. The van der Waals surface area contributed by atoms with Crippen LogP contribution in [0.1, 0.15) is 12.5 Å². The van der Waals surface area contributed by atoms with Crippen LogP contribution in [0.15, 0.2) is 40.4 Å². The molecule has 2 aromatic heterocycles. The van der Waals surface area contributed by atoms with Crippen molar-refractivity contribution in [3.63, 3.8) is 0 Å². The molecule has 29 heavy (non-hydrogen) atoms. The summed E-state index contributed by atoms with van der Waals surface area (Å²) in [5.74, 6) is 1.65. The van der Waals surface area contributed by atoms with E-state index in [1.54, 1.807) is 20.2 Å². The lowest BCUT2D eigenvalue weighted by Gasteiger charge is -2.33. The van der Waals surface area contributed by atoms with Gasteiger partial charge in [0.1, 0.15) is 5.75 Å². The number of ether oxygens (including phenoxy) is 1. The second kappa shape index (κ2) is 6.95. The number of methoxy groups -OCH3 is 1. The van der Waals surface area contributed by atoms with Crippen LogP contribution in [0, 0.1) is 12.8 Å². The van der Waals surface area contributed by atoms with Crippen LogP contribution in [-0.4, -0.2) is 32.3 Å². The van der Waals surface area contributed by atoms with Gasteiger partial charge in [-0.1, -0.05) is 19.1 Å². The zero-order valence-corrected chi connectivity index (χ0v) is 17.2. The lowest BCUT2D eigenvalue weighted by Crippen LogP contribution is -2.40. The molecule has 3 aromatic rings. The number of hydrogen-bond acceptors (Lipinski definition) is 5. The molecule has 0 saturated heterocycles. The van der Waals surface area contributed by atoms with E-state index in [1.807, 2.05) is 23.6 Å². The molecule has 0 unspecified atom stereocenters. The predicted octanol–water partition coefficient (Wildman–Crippen LogP) is 2.19. The van der Waals surface area contributed by atoms with Crippen molar-refractivity contribution in [3.8, 4) is 5.75 Å². The van der Waals surface area contributed by atoms with E-state index in [9.17, 15) is 9.59 Å². The van der Waals surface area contributed by atoms with E-state index in [1.165, 1.54) is 9.13 Å². The minimum Gasteiger partial charge on any atom is -0.495 e. The molecular weight excluding hydrogens is 370 g/mol. The third kappa shape index (κ3) is 2.86. The average Bonchev–Trinajstić information content (AvgIpc) is 3.08. The highest BCUT2D eigenvalue weighted by molar-refractivity contribution is 5.78. The molecule has 1 atom stereocenters. The van der Waals surface area contributed by atoms with Crippen molar-refractivity contribution in [2.24, 2.45) is 13.0 Å². The second-order valence-corrected chi connectivity index (χ2v) is 7.63. The number of allylic oxidation sites excluding steroid dienone is 1. The second-order valence-electron chi connectivity index (χ2n) is 7.63. The van der Waals surface area contributed by atoms with Crippen molar-refractivity contribution < 1.29 is 4.74 Å². The minimum atomic E-state index is -0.398. The third-order valence-corrected chi connectivity index (χ3v) is 5.38. The Morgan fingerprint density at radius 1 is 1.31 bits per heavy atom. The molecule has 4 rings (SSSR count). The Hall–Kier alpha value is -3.29. The van der Waals surface area contributed by atoms with Crippen LogP contribution in [0.2, 0.25) is 0 Å². The summed E-state index contributed by atoms with van der Waals surface area (Å²) in [7, 11) is 3.28. The van der Waals surface area contributed by atoms with Gasteiger partial charge in [-0.25, -0.2) is 4.79 Å². The maximum Gasteiger partial charge on any atom is 0.332 e. The van der Waals surface area contributed by atoms with Crippen molar-refractivity contribution in [1.29, 1.82) is 0 Å².